The molecule has 2 aromatic rings. The lowest BCUT2D eigenvalue weighted by molar-refractivity contribution is -0.138. The summed E-state index contributed by atoms with van der Waals surface area (Å²) in [6.45, 7) is 1.61. The summed E-state index contributed by atoms with van der Waals surface area (Å²) in [6.07, 6.45) is 0.801. The van der Waals surface area contributed by atoms with Crippen molar-refractivity contribution in [3.8, 4) is 0 Å². The molecule has 0 saturated carbocycles. The molecule has 0 aliphatic carbocycles. The van der Waals surface area contributed by atoms with Gasteiger partial charge in [-0.05, 0) is 48.7 Å². The van der Waals surface area contributed by atoms with Crippen molar-refractivity contribution < 1.29 is 19.5 Å². The Balaban J connectivity index is 1.91. The van der Waals surface area contributed by atoms with Gasteiger partial charge in [0.1, 0.15) is 0 Å². The van der Waals surface area contributed by atoms with Gasteiger partial charge in [0.25, 0.3) is 5.91 Å². The highest BCUT2D eigenvalue weighted by Crippen LogP contribution is 2.18. The molecule has 3 N–H and O–H groups in total. The summed E-state index contributed by atoms with van der Waals surface area (Å²) >= 11 is 0. The maximum Gasteiger partial charge on any atom is 0.310 e. The number of carboxylic acid groups (broad SMARTS) is 1. The van der Waals surface area contributed by atoms with Crippen LogP contribution in [0.15, 0.2) is 48.5 Å². The van der Waals surface area contributed by atoms with Crippen LogP contribution >= 0.6 is 0 Å². The Morgan fingerprint density at radius 3 is 2.38 bits per heavy atom. The monoisotopic (exact) mass is 354 g/mol. The summed E-state index contributed by atoms with van der Waals surface area (Å²) in [7, 11) is 1.57. The summed E-state index contributed by atoms with van der Waals surface area (Å²) in [5.41, 5.74) is 2.78. The third-order valence-electron chi connectivity index (χ3n) is 4.12. The number of benzene rings is 2. The number of amides is 2. The van der Waals surface area contributed by atoms with E-state index in [9.17, 15) is 14.4 Å². The van der Waals surface area contributed by atoms with E-state index in [4.69, 9.17) is 5.11 Å². The fourth-order valence-corrected chi connectivity index (χ4v) is 2.49. The minimum Gasteiger partial charge on any atom is -0.481 e. The fraction of sp³-hybridized carbons (Fsp3) is 0.250. The Morgan fingerprint density at radius 2 is 1.77 bits per heavy atom. The second-order valence-corrected chi connectivity index (χ2v) is 6.01. The van der Waals surface area contributed by atoms with Crippen LogP contribution in [0, 0.1) is 0 Å². The van der Waals surface area contributed by atoms with E-state index in [2.05, 4.69) is 10.6 Å². The zero-order valence-corrected chi connectivity index (χ0v) is 14.8. The van der Waals surface area contributed by atoms with Gasteiger partial charge in [0, 0.05) is 24.7 Å². The van der Waals surface area contributed by atoms with Crippen LogP contribution in [0.2, 0.25) is 0 Å². The summed E-state index contributed by atoms with van der Waals surface area (Å²) in [6, 6.07) is 13.9. The predicted octanol–water partition coefficient (Wildman–Crippen LogP) is 2.81. The highest BCUT2D eigenvalue weighted by Gasteiger charge is 2.13. The van der Waals surface area contributed by atoms with E-state index in [1.54, 1.807) is 56.4 Å². The van der Waals surface area contributed by atoms with Crippen molar-refractivity contribution in [1.29, 1.82) is 0 Å². The third kappa shape index (κ3) is 5.17. The zero-order valence-electron chi connectivity index (χ0n) is 14.8. The summed E-state index contributed by atoms with van der Waals surface area (Å²) in [4.78, 5) is 34.7. The van der Waals surface area contributed by atoms with Gasteiger partial charge in [-0.1, -0.05) is 24.3 Å². The molecule has 0 aromatic heterocycles. The number of aryl methyl sites for hydroxylation is 1. The molecule has 1 unspecified atom stereocenters. The number of hydrogen-bond donors (Lipinski definition) is 3. The van der Waals surface area contributed by atoms with Crippen LogP contribution in [0.4, 0.5) is 5.69 Å². The molecule has 0 spiro atoms. The number of hydrogen-bond acceptors (Lipinski definition) is 3. The molecule has 6 nitrogen and oxygen atoms in total. The van der Waals surface area contributed by atoms with E-state index < -0.39 is 11.9 Å². The first kappa shape index (κ1) is 19.2. The Labute approximate surface area is 152 Å². The van der Waals surface area contributed by atoms with Crippen molar-refractivity contribution in [2.75, 3.05) is 12.4 Å². The average Bonchev–Trinajstić information content (AvgIpc) is 2.66. The summed E-state index contributed by atoms with van der Waals surface area (Å²) in [5.74, 6) is -1.78. The standard InChI is InChI=1S/C20H22N2O4/c1-13(20(25)26)15-7-9-17(10-8-15)22-18(23)11-6-14-4-3-5-16(12-14)19(24)21-2/h3-5,7-10,12-13H,6,11H2,1-2H3,(H,21,24)(H,22,23)(H,25,26). The van der Waals surface area contributed by atoms with E-state index >= 15 is 0 Å². The molecule has 136 valence electrons. The summed E-state index contributed by atoms with van der Waals surface area (Å²) in [5, 5.41) is 14.4. The van der Waals surface area contributed by atoms with Gasteiger partial charge in [-0.15, -0.1) is 0 Å². The topological polar surface area (TPSA) is 95.5 Å². The van der Waals surface area contributed by atoms with Gasteiger partial charge >= 0.3 is 5.97 Å². The first-order valence-corrected chi connectivity index (χ1v) is 8.34. The van der Waals surface area contributed by atoms with E-state index in [1.165, 1.54) is 0 Å². The SMILES string of the molecule is CNC(=O)c1cccc(CCC(=O)Nc2ccc(C(C)C(=O)O)cc2)c1. The van der Waals surface area contributed by atoms with Crippen LogP contribution in [0.5, 0.6) is 0 Å². The number of nitrogens with one attached hydrogen (secondary N) is 2. The number of carboxylic acids is 1. The van der Waals surface area contributed by atoms with Crippen LogP contribution in [0.1, 0.15) is 40.7 Å². The second kappa shape index (κ2) is 8.80. The lowest BCUT2D eigenvalue weighted by atomic mass is 10.0. The first-order valence-electron chi connectivity index (χ1n) is 8.34. The van der Waals surface area contributed by atoms with E-state index in [-0.39, 0.29) is 18.2 Å². The molecule has 0 aliphatic heterocycles. The van der Waals surface area contributed by atoms with Gasteiger partial charge in [0.05, 0.1) is 5.92 Å². The number of rotatable bonds is 7. The molecule has 6 heteroatoms. The number of anilines is 1. The molecule has 2 amide bonds. The lowest BCUT2D eigenvalue weighted by Gasteiger charge is -2.09. The van der Waals surface area contributed by atoms with Gasteiger partial charge < -0.3 is 15.7 Å². The molecule has 0 heterocycles. The van der Waals surface area contributed by atoms with Gasteiger partial charge in [0.2, 0.25) is 5.91 Å². The van der Waals surface area contributed by atoms with Crippen molar-refractivity contribution in [1.82, 2.24) is 5.32 Å². The molecule has 2 rings (SSSR count). The van der Waals surface area contributed by atoms with E-state index in [1.807, 2.05) is 6.07 Å². The molecule has 0 aliphatic rings. The van der Waals surface area contributed by atoms with Crippen molar-refractivity contribution in [3.63, 3.8) is 0 Å². The second-order valence-electron chi connectivity index (χ2n) is 6.01. The van der Waals surface area contributed by atoms with Gasteiger partial charge in [-0.3, -0.25) is 14.4 Å². The predicted molar refractivity (Wildman–Crippen MR) is 99.3 cm³/mol. The van der Waals surface area contributed by atoms with Gasteiger partial charge in [-0.2, -0.15) is 0 Å². The molecule has 1 atom stereocenters. The Morgan fingerprint density at radius 1 is 1.08 bits per heavy atom. The molecular weight excluding hydrogens is 332 g/mol. The minimum atomic E-state index is -0.888. The van der Waals surface area contributed by atoms with Crippen LogP contribution < -0.4 is 10.6 Å². The van der Waals surface area contributed by atoms with Crippen molar-refractivity contribution >= 4 is 23.5 Å². The van der Waals surface area contributed by atoms with E-state index in [0.717, 1.165) is 5.56 Å². The first-order chi connectivity index (χ1) is 12.4. The van der Waals surface area contributed by atoms with Crippen molar-refractivity contribution in [2.24, 2.45) is 0 Å². The van der Waals surface area contributed by atoms with Crippen molar-refractivity contribution in [3.05, 3.63) is 65.2 Å². The normalized spacial score (nSPS) is 11.5. The van der Waals surface area contributed by atoms with Crippen LogP contribution in [-0.2, 0) is 16.0 Å². The largest absolute Gasteiger partial charge is 0.481 e. The third-order valence-corrected chi connectivity index (χ3v) is 4.12. The smallest absolute Gasteiger partial charge is 0.310 e. The molecular formula is C20H22N2O4. The molecule has 0 bridgehead atoms. The Bertz CT molecular complexity index is 800. The van der Waals surface area contributed by atoms with Gasteiger partial charge in [0.15, 0.2) is 0 Å². The molecule has 26 heavy (non-hydrogen) atoms. The number of carbonyl (C=O) groups excluding carboxylic acids is 2. The van der Waals surface area contributed by atoms with Crippen LogP contribution in [0.25, 0.3) is 0 Å². The zero-order chi connectivity index (χ0) is 19.1. The van der Waals surface area contributed by atoms with Crippen LogP contribution in [-0.4, -0.2) is 29.9 Å². The highest BCUT2D eigenvalue weighted by atomic mass is 16.4. The van der Waals surface area contributed by atoms with Crippen molar-refractivity contribution in [2.45, 2.75) is 25.7 Å². The Kier molecular flexibility index (Phi) is 6.49. The maximum absolute atomic E-state index is 12.1. The Hall–Kier alpha value is -3.15. The average molecular weight is 354 g/mol. The van der Waals surface area contributed by atoms with Crippen LogP contribution in [0.3, 0.4) is 0 Å². The molecule has 0 saturated heterocycles. The van der Waals surface area contributed by atoms with Gasteiger partial charge in [-0.25, -0.2) is 0 Å². The van der Waals surface area contributed by atoms with E-state index in [0.29, 0.717) is 23.2 Å². The lowest BCUT2D eigenvalue weighted by Crippen LogP contribution is -2.18. The molecule has 2 aromatic carbocycles. The number of carbonyl (C=O) groups is 3. The maximum atomic E-state index is 12.1. The molecule has 0 fully saturated rings. The number of aliphatic carboxylic acids is 1. The quantitative estimate of drug-likeness (QED) is 0.712. The minimum absolute atomic E-state index is 0.144. The summed E-state index contributed by atoms with van der Waals surface area (Å²) < 4.78 is 0. The highest BCUT2D eigenvalue weighted by molar-refractivity contribution is 5.94. The molecule has 0 radical (unpaired) electrons. The fourth-order valence-electron chi connectivity index (χ4n) is 2.49.